The number of carboxylic acids is 1. The van der Waals surface area contributed by atoms with Crippen LogP contribution in [0.5, 0.6) is 0 Å². The minimum Gasteiger partial charge on any atom is -0.478 e. The molecule has 4 N–H and O–H groups in total. The molecular formula is C15H18N2O6S. The van der Waals surface area contributed by atoms with E-state index in [1.54, 1.807) is 12.1 Å². The number of benzene rings is 1. The lowest BCUT2D eigenvalue weighted by molar-refractivity contribution is 0.0697. The summed E-state index contributed by atoms with van der Waals surface area (Å²) in [5.74, 6) is -0.802. The summed E-state index contributed by atoms with van der Waals surface area (Å²) < 4.78 is 31.9. The van der Waals surface area contributed by atoms with Gasteiger partial charge < -0.3 is 19.9 Å². The first-order valence-corrected chi connectivity index (χ1v) is 8.66. The summed E-state index contributed by atoms with van der Waals surface area (Å²) in [5, 5.41) is 20.9. The Morgan fingerprint density at radius 1 is 1.25 bits per heavy atom. The van der Waals surface area contributed by atoms with Crippen LogP contribution in [0.15, 0.2) is 45.9 Å². The molecule has 2 rings (SSSR count). The average molecular weight is 354 g/mol. The molecular weight excluding hydrogens is 336 g/mol. The van der Waals surface area contributed by atoms with Gasteiger partial charge in [0.15, 0.2) is 0 Å². The van der Waals surface area contributed by atoms with Crippen molar-refractivity contribution in [2.75, 3.05) is 18.5 Å². The van der Waals surface area contributed by atoms with E-state index in [1.807, 2.05) is 0 Å². The average Bonchev–Trinajstić information content (AvgIpc) is 3.07. The highest BCUT2D eigenvalue weighted by atomic mass is 32.2. The Labute approximate surface area is 139 Å². The number of carbonyl (C=O) groups is 1. The molecule has 0 aliphatic rings. The second-order valence-corrected chi connectivity index (χ2v) is 6.69. The van der Waals surface area contributed by atoms with Crippen LogP contribution in [0.4, 0.5) is 5.69 Å². The first kappa shape index (κ1) is 18.0. The van der Waals surface area contributed by atoms with Gasteiger partial charge in [0.2, 0.25) is 10.0 Å². The van der Waals surface area contributed by atoms with Gasteiger partial charge in [0, 0.05) is 18.8 Å². The summed E-state index contributed by atoms with van der Waals surface area (Å²) in [6, 6.07) is 7.06. The van der Waals surface area contributed by atoms with Gasteiger partial charge in [-0.2, -0.15) is 0 Å². The van der Waals surface area contributed by atoms with E-state index in [9.17, 15) is 18.3 Å². The van der Waals surface area contributed by atoms with E-state index in [0.29, 0.717) is 24.4 Å². The molecule has 130 valence electrons. The van der Waals surface area contributed by atoms with Crippen LogP contribution >= 0.6 is 0 Å². The quantitative estimate of drug-likeness (QED) is 0.499. The second kappa shape index (κ2) is 7.95. The number of aliphatic hydroxyl groups excluding tert-OH is 1. The molecule has 0 saturated heterocycles. The van der Waals surface area contributed by atoms with Crippen LogP contribution in [-0.2, 0) is 16.6 Å². The molecule has 1 aromatic carbocycles. The van der Waals surface area contributed by atoms with Crippen molar-refractivity contribution in [3.05, 3.63) is 47.9 Å². The zero-order valence-electron chi connectivity index (χ0n) is 12.7. The van der Waals surface area contributed by atoms with Gasteiger partial charge in [0.05, 0.1) is 23.3 Å². The van der Waals surface area contributed by atoms with Crippen molar-refractivity contribution in [2.24, 2.45) is 0 Å². The second-order valence-electron chi connectivity index (χ2n) is 4.92. The molecule has 1 aromatic heterocycles. The topological polar surface area (TPSA) is 129 Å². The number of carboxylic acid groups (broad SMARTS) is 1. The van der Waals surface area contributed by atoms with Crippen LogP contribution in [0.3, 0.4) is 0 Å². The maximum absolute atomic E-state index is 12.3. The predicted octanol–water partition coefficient (Wildman–Crippen LogP) is 1.25. The van der Waals surface area contributed by atoms with Crippen molar-refractivity contribution in [1.29, 1.82) is 0 Å². The summed E-state index contributed by atoms with van der Waals surface area (Å²) in [4.78, 5) is 11.2. The molecule has 0 radical (unpaired) electrons. The number of rotatable bonds is 9. The first-order valence-electron chi connectivity index (χ1n) is 7.18. The lowest BCUT2D eigenvalue weighted by Gasteiger charge is -2.11. The summed E-state index contributed by atoms with van der Waals surface area (Å²) >= 11 is 0. The molecule has 0 amide bonds. The van der Waals surface area contributed by atoms with Crippen LogP contribution in [-0.4, -0.2) is 37.8 Å². The van der Waals surface area contributed by atoms with Crippen molar-refractivity contribution in [3.8, 4) is 0 Å². The van der Waals surface area contributed by atoms with Gasteiger partial charge in [0.1, 0.15) is 5.76 Å². The van der Waals surface area contributed by atoms with Gasteiger partial charge >= 0.3 is 5.97 Å². The summed E-state index contributed by atoms with van der Waals surface area (Å²) in [5.41, 5.74) is 0.134. The fourth-order valence-corrected chi connectivity index (χ4v) is 3.01. The molecule has 0 aliphatic carbocycles. The summed E-state index contributed by atoms with van der Waals surface area (Å²) in [6.07, 6.45) is 1.88. The van der Waals surface area contributed by atoms with E-state index in [0.717, 1.165) is 6.07 Å². The van der Waals surface area contributed by atoms with E-state index in [4.69, 9.17) is 9.52 Å². The third kappa shape index (κ3) is 4.57. The molecule has 0 fully saturated rings. The minimum absolute atomic E-state index is 0.0292. The predicted molar refractivity (Wildman–Crippen MR) is 86.3 cm³/mol. The van der Waals surface area contributed by atoms with Gasteiger partial charge in [-0.15, -0.1) is 0 Å². The maximum Gasteiger partial charge on any atom is 0.337 e. The molecule has 0 spiro atoms. The van der Waals surface area contributed by atoms with Crippen LogP contribution in [0, 0.1) is 0 Å². The molecule has 0 saturated carbocycles. The standard InChI is InChI=1S/C15H18N2O6S/c18-7-2-6-16-14-5-4-12(9-13(14)15(19)20)24(21,22)17-10-11-3-1-8-23-11/h1,3-5,8-9,16-18H,2,6-7,10H2,(H,19,20). The van der Waals surface area contributed by atoms with Crippen molar-refractivity contribution < 1.29 is 27.8 Å². The zero-order valence-corrected chi connectivity index (χ0v) is 13.5. The molecule has 0 aliphatic heterocycles. The molecule has 24 heavy (non-hydrogen) atoms. The fraction of sp³-hybridized carbons (Fsp3) is 0.267. The minimum atomic E-state index is -3.88. The molecule has 0 atom stereocenters. The van der Waals surface area contributed by atoms with E-state index in [2.05, 4.69) is 10.0 Å². The zero-order chi connectivity index (χ0) is 17.6. The number of furan rings is 1. The number of hydrogen-bond acceptors (Lipinski definition) is 6. The molecule has 9 heteroatoms. The number of aliphatic hydroxyl groups is 1. The highest BCUT2D eigenvalue weighted by Crippen LogP contribution is 2.21. The largest absolute Gasteiger partial charge is 0.478 e. The maximum atomic E-state index is 12.3. The number of nitrogens with one attached hydrogen (secondary N) is 2. The molecule has 2 aromatic rings. The Morgan fingerprint density at radius 3 is 2.67 bits per heavy atom. The van der Waals surface area contributed by atoms with Gasteiger partial charge in [-0.25, -0.2) is 17.9 Å². The Balaban J connectivity index is 2.19. The molecule has 8 nitrogen and oxygen atoms in total. The molecule has 1 heterocycles. The Morgan fingerprint density at radius 2 is 2.04 bits per heavy atom. The Kier molecular flexibility index (Phi) is 5.96. The van der Waals surface area contributed by atoms with Crippen LogP contribution in [0.25, 0.3) is 0 Å². The summed E-state index contributed by atoms with van der Waals surface area (Å²) in [7, 11) is -3.88. The van der Waals surface area contributed by atoms with Gasteiger partial charge in [-0.3, -0.25) is 0 Å². The Bertz CT molecular complexity index is 786. The number of sulfonamides is 1. The van der Waals surface area contributed by atoms with Gasteiger partial charge in [-0.1, -0.05) is 0 Å². The molecule has 0 bridgehead atoms. The fourth-order valence-electron chi connectivity index (χ4n) is 1.99. The molecule has 0 unspecified atom stereocenters. The van der Waals surface area contributed by atoms with Crippen molar-refractivity contribution in [2.45, 2.75) is 17.9 Å². The van der Waals surface area contributed by atoms with Crippen molar-refractivity contribution in [1.82, 2.24) is 4.72 Å². The van der Waals surface area contributed by atoms with Crippen LogP contribution in [0.2, 0.25) is 0 Å². The SMILES string of the molecule is O=C(O)c1cc(S(=O)(=O)NCc2ccco2)ccc1NCCCO. The number of hydrogen-bond donors (Lipinski definition) is 4. The van der Waals surface area contributed by atoms with Crippen LogP contribution in [0.1, 0.15) is 22.5 Å². The summed E-state index contributed by atoms with van der Waals surface area (Å²) in [6.45, 7) is 0.312. The van der Waals surface area contributed by atoms with E-state index in [-0.39, 0.29) is 23.6 Å². The van der Waals surface area contributed by atoms with E-state index >= 15 is 0 Å². The third-order valence-corrected chi connectivity index (χ3v) is 4.60. The Hall–Kier alpha value is -2.36. The number of anilines is 1. The first-order chi connectivity index (χ1) is 11.4. The third-order valence-electron chi connectivity index (χ3n) is 3.20. The lowest BCUT2D eigenvalue weighted by Crippen LogP contribution is -2.23. The normalized spacial score (nSPS) is 11.4. The lowest BCUT2D eigenvalue weighted by atomic mass is 10.2. The van der Waals surface area contributed by atoms with Gasteiger partial charge in [-0.05, 0) is 36.8 Å². The van der Waals surface area contributed by atoms with Crippen molar-refractivity contribution >= 4 is 21.7 Å². The van der Waals surface area contributed by atoms with Crippen LogP contribution < -0.4 is 10.0 Å². The monoisotopic (exact) mass is 354 g/mol. The van der Waals surface area contributed by atoms with E-state index < -0.39 is 16.0 Å². The van der Waals surface area contributed by atoms with Crippen molar-refractivity contribution in [3.63, 3.8) is 0 Å². The number of aromatic carboxylic acids is 1. The van der Waals surface area contributed by atoms with Gasteiger partial charge in [0.25, 0.3) is 0 Å². The van der Waals surface area contributed by atoms with E-state index in [1.165, 1.54) is 18.4 Å². The highest BCUT2D eigenvalue weighted by molar-refractivity contribution is 7.89. The highest BCUT2D eigenvalue weighted by Gasteiger charge is 2.19. The smallest absolute Gasteiger partial charge is 0.337 e.